The van der Waals surface area contributed by atoms with Crippen LogP contribution >= 0.6 is 11.6 Å². The lowest BCUT2D eigenvalue weighted by Crippen LogP contribution is -2.27. The number of ether oxygens (including phenoxy) is 1. The van der Waals surface area contributed by atoms with Gasteiger partial charge < -0.3 is 15.8 Å². The van der Waals surface area contributed by atoms with Gasteiger partial charge in [0.05, 0.1) is 12.1 Å². The predicted octanol–water partition coefficient (Wildman–Crippen LogP) is 1.36. The minimum atomic E-state index is 0.134. The van der Waals surface area contributed by atoms with Crippen molar-refractivity contribution in [2.24, 2.45) is 5.73 Å². The Morgan fingerprint density at radius 1 is 1.47 bits per heavy atom. The Bertz CT molecular complexity index is 356. The highest BCUT2D eigenvalue weighted by Gasteiger charge is 2.27. The molecule has 0 aliphatic carbocycles. The Hall–Kier alpha value is -0.770. The third kappa shape index (κ3) is 1.95. The number of halogens is 1. The molecule has 0 spiro atoms. The smallest absolute Gasteiger partial charge is 0.137 e. The van der Waals surface area contributed by atoms with Gasteiger partial charge in [-0.1, -0.05) is 23.7 Å². The van der Waals surface area contributed by atoms with Crippen LogP contribution in [-0.2, 0) is 0 Å². The van der Waals surface area contributed by atoms with E-state index in [1.807, 2.05) is 18.2 Å². The summed E-state index contributed by atoms with van der Waals surface area (Å²) in [5.74, 6) is 1.00. The molecule has 1 saturated heterocycles. The van der Waals surface area contributed by atoms with E-state index < -0.39 is 0 Å². The summed E-state index contributed by atoms with van der Waals surface area (Å²) in [7, 11) is 1.62. The molecular formula is C11H15ClN2O. The van der Waals surface area contributed by atoms with E-state index in [9.17, 15) is 0 Å². The fourth-order valence-corrected chi connectivity index (χ4v) is 2.35. The summed E-state index contributed by atoms with van der Waals surface area (Å²) in [5.41, 5.74) is 7.09. The van der Waals surface area contributed by atoms with Gasteiger partial charge in [-0.15, -0.1) is 0 Å². The summed E-state index contributed by atoms with van der Waals surface area (Å²) >= 11 is 6.25. The van der Waals surface area contributed by atoms with Crippen LogP contribution in [0.5, 0.6) is 5.75 Å². The molecule has 15 heavy (non-hydrogen) atoms. The van der Waals surface area contributed by atoms with Crippen LogP contribution in [0.4, 0.5) is 0 Å². The van der Waals surface area contributed by atoms with Crippen LogP contribution in [-0.4, -0.2) is 26.2 Å². The summed E-state index contributed by atoms with van der Waals surface area (Å²) in [6, 6.07) is 5.96. The van der Waals surface area contributed by atoms with Gasteiger partial charge >= 0.3 is 0 Å². The maximum Gasteiger partial charge on any atom is 0.137 e. The van der Waals surface area contributed by atoms with Gasteiger partial charge in [0.1, 0.15) is 5.75 Å². The second-order valence-electron chi connectivity index (χ2n) is 3.79. The van der Waals surface area contributed by atoms with Gasteiger partial charge in [0.15, 0.2) is 0 Å². The summed E-state index contributed by atoms with van der Waals surface area (Å²) in [6.45, 7) is 1.73. The van der Waals surface area contributed by atoms with Crippen LogP contribution in [0.1, 0.15) is 11.5 Å². The van der Waals surface area contributed by atoms with Crippen LogP contribution < -0.4 is 15.8 Å². The lowest BCUT2D eigenvalue weighted by Gasteiger charge is -2.17. The van der Waals surface area contributed by atoms with Crippen LogP contribution in [0.2, 0.25) is 5.02 Å². The highest BCUT2D eigenvalue weighted by Crippen LogP contribution is 2.34. The average molecular weight is 227 g/mol. The number of methoxy groups -OCH3 is 1. The predicted molar refractivity (Wildman–Crippen MR) is 61.6 cm³/mol. The van der Waals surface area contributed by atoms with Gasteiger partial charge in [-0.2, -0.15) is 0 Å². The second-order valence-corrected chi connectivity index (χ2v) is 4.17. The zero-order valence-electron chi connectivity index (χ0n) is 8.66. The Balaban J connectivity index is 2.35. The van der Waals surface area contributed by atoms with Crippen molar-refractivity contribution >= 4 is 11.6 Å². The molecule has 1 aromatic rings. The fraction of sp³-hybridized carbons (Fsp3) is 0.455. The first-order valence-electron chi connectivity index (χ1n) is 5.02. The minimum absolute atomic E-state index is 0.134. The number of rotatable bonds is 2. The zero-order valence-corrected chi connectivity index (χ0v) is 9.42. The van der Waals surface area contributed by atoms with Gasteiger partial charge in [0.2, 0.25) is 0 Å². The normalized spacial score (nSPS) is 25.5. The Morgan fingerprint density at radius 3 is 2.87 bits per heavy atom. The third-order valence-corrected chi connectivity index (χ3v) is 3.28. The quantitative estimate of drug-likeness (QED) is 0.801. The molecule has 1 aromatic carbocycles. The van der Waals surface area contributed by atoms with E-state index in [-0.39, 0.29) is 12.0 Å². The van der Waals surface area contributed by atoms with Crippen LogP contribution in [0.25, 0.3) is 0 Å². The second kappa shape index (κ2) is 4.39. The first kappa shape index (κ1) is 10.7. The highest BCUT2D eigenvalue weighted by molar-refractivity contribution is 6.32. The Labute approximate surface area is 94.6 Å². The monoisotopic (exact) mass is 226 g/mol. The number of hydrogen-bond donors (Lipinski definition) is 2. The molecule has 4 heteroatoms. The standard InChI is InChI=1S/C11H15ClN2O/c1-15-10-4-2-3-7(11(10)12)8-5-14-6-9(8)13/h2-4,8-9,14H,5-6,13H2,1H3. The molecule has 1 aliphatic rings. The zero-order chi connectivity index (χ0) is 10.8. The van der Waals surface area contributed by atoms with Crippen molar-refractivity contribution in [1.82, 2.24) is 5.32 Å². The molecule has 0 radical (unpaired) electrons. The van der Waals surface area contributed by atoms with Crippen molar-refractivity contribution in [3.63, 3.8) is 0 Å². The molecule has 2 atom stereocenters. The van der Waals surface area contributed by atoms with Crippen molar-refractivity contribution in [1.29, 1.82) is 0 Å². The first-order valence-corrected chi connectivity index (χ1v) is 5.40. The van der Waals surface area contributed by atoms with E-state index in [1.54, 1.807) is 7.11 Å². The molecule has 3 nitrogen and oxygen atoms in total. The molecule has 1 heterocycles. The van der Waals surface area contributed by atoms with Crippen molar-refractivity contribution in [3.8, 4) is 5.75 Å². The molecule has 2 rings (SSSR count). The summed E-state index contributed by atoms with van der Waals surface area (Å²) < 4.78 is 5.19. The molecule has 1 aliphatic heterocycles. The fourth-order valence-electron chi connectivity index (χ4n) is 2.01. The maximum atomic E-state index is 6.25. The number of benzene rings is 1. The molecule has 2 unspecified atom stereocenters. The summed E-state index contributed by atoms with van der Waals surface area (Å²) in [4.78, 5) is 0. The lowest BCUT2D eigenvalue weighted by atomic mass is 9.95. The molecule has 0 saturated carbocycles. The molecule has 0 amide bonds. The van der Waals surface area contributed by atoms with Gasteiger partial charge in [-0.3, -0.25) is 0 Å². The van der Waals surface area contributed by atoms with Crippen LogP contribution in [0.3, 0.4) is 0 Å². The third-order valence-electron chi connectivity index (χ3n) is 2.87. The van der Waals surface area contributed by atoms with Crippen molar-refractivity contribution in [2.75, 3.05) is 20.2 Å². The van der Waals surface area contributed by atoms with Crippen molar-refractivity contribution < 1.29 is 4.74 Å². The van der Waals surface area contributed by atoms with Crippen molar-refractivity contribution in [3.05, 3.63) is 28.8 Å². The van der Waals surface area contributed by atoms with Gasteiger partial charge in [0, 0.05) is 25.0 Å². The minimum Gasteiger partial charge on any atom is -0.495 e. The molecule has 1 fully saturated rings. The van der Waals surface area contributed by atoms with Gasteiger partial charge in [0.25, 0.3) is 0 Å². The summed E-state index contributed by atoms with van der Waals surface area (Å²) in [5, 5.41) is 3.95. The molecule has 3 N–H and O–H groups in total. The van der Waals surface area contributed by atoms with E-state index in [2.05, 4.69) is 5.32 Å². The molecule has 0 bridgehead atoms. The molecule has 0 aromatic heterocycles. The van der Waals surface area contributed by atoms with Crippen molar-refractivity contribution in [2.45, 2.75) is 12.0 Å². The van der Waals surface area contributed by atoms with E-state index >= 15 is 0 Å². The first-order chi connectivity index (χ1) is 7.24. The number of nitrogens with two attached hydrogens (primary N) is 1. The summed E-state index contributed by atoms with van der Waals surface area (Å²) in [6.07, 6.45) is 0. The topological polar surface area (TPSA) is 47.3 Å². The van der Waals surface area contributed by atoms with E-state index in [0.717, 1.165) is 18.7 Å². The number of hydrogen-bond acceptors (Lipinski definition) is 3. The van der Waals surface area contributed by atoms with Crippen LogP contribution in [0, 0.1) is 0 Å². The molecule has 82 valence electrons. The maximum absolute atomic E-state index is 6.25. The van der Waals surface area contributed by atoms with Crippen LogP contribution in [0.15, 0.2) is 18.2 Å². The SMILES string of the molecule is COc1cccc(C2CNCC2N)c1Cl. The van der Waals surface area contributed by atoms with E-state index in [4.69, 9.17) is 22.1 Å². The number of nitrogens with one attached hydrogen (secondary N) is 1. The van der Waals surface area contributed by atoms with E-state index in [1.165, 1.54) is 0 Å². The van der Waals surface area contributed by atoms with E-state index in [0.29, 0.717) is 10.8 Å². The Kier molecular flexibility index (Phi) is 3.14. The largest absolute Gasteiger partial charge is 0.495 e. The Morgan fingerprint density at radius 2 is 2.27 bits per heavy atom. The highest BCUT2D eigenvalue weighted by atomic mass is 35.5. The van der Waals surface area contributed by atoms with Gasteiger partial charge in [-0.05, 0) is 11.6 Å². The average Bonchev–Trinajstić information content (AvgIpc) is 2.65. The molecular weight excluding hydrogens is 212 g/mol. The lowest BCUT2D eigenvalue weighted by molar-refractivity contribution is 0.414. The van der Waals surface area contributed by atoms with Gasteiger partial charge in [-0.25, -0.2) is 0 Å².